The quantitative estimate of drug-likeness (QED) is 0.808. The van der Waals surface area contributed by atoms with Gasteiger partial charge in [-0.25, -0.2) is 0 Å². The minimum absolute atomic E-state index is 0.406. The molecule has 2 aliphatic heterocycles. The summed E-state index contributed by atoms with van der Waals surface area (Å²) in [7, 11) is 0. The summed E-state index contributed by atoms with van der Waals surface area (Å²) in [4.78, 5) is 5.27. The number of nitrogens with zero attached hydrogens (tertiary/aromatic N) is 2. The second-order valence-electron chi connectivity index (χ2n) is 6.52. The van der Waals surface area contributed by atoms with Crippen LogP contribution in [0.5, 0.6) is 0 Å². The van der Waals surface area contributed by atoms with Crippen LogP contribution in [0.15, 0.2) is 0 Å². The van der Waals surface area contributed by atoms with Crippen molar-refractivity contribution in [1.29, 1.82) is 0 Å². The highest BCUT2D eigenvalue weighted by molar-refractivity contribution is 4.90. The van der Waals surface area contributed by atoms with Crippen LogP contribution in [0.3, 0.4) is 0 Å². The second kappa shape index (κ2) is 5.68. The third kappa shape index (κ3) is 3.43. The number of likely N-dealkylation sites (tertiary alicyclic amines) is 2. The lowest BCUT2D eigenvalue weighted by molar-refractivity contribution is 0.116. The van der Waals surface area contributed by atoms with Gasteiger partial charge in [-0.2, -0.15) is 0 Å². The molecule has 2 heterocycles. The molecule has 0 amide bonds. The van der Waals surface area contributed by atoms with Crippen molar-refractivity contribution in [1.82, 2.24) is 9.80 Å². The summed E-state index contributed by atoms with van der Waals surface area (Å²) in [6.45, 7) is 13.1. The number of hydrogen-bond donors (Lipinski definition) is 1. The molecule has 2 rings (SSSR count). The van der Waals surface area contributed by atoms with Crippen molar-refractivity contribution in [2.45, 2.75) is 45.7 Å². The van der Waals surface area contributed by atoms with Crippen molar-refractivity contribution >= 4 is 0 Å². The van der Waals surface area contributed by atoms with Crippen LogP contribution in [-0.4, -0.2) is 54.6 Å². The topological polar surface area (TPSA) is 32.5 Å². The van der Waals surface area contributed by atoms with Crippen molar-refractivity contribution in [2.75, 3.05) is 32.7 Å². The van der Waals surface area contributed by atoms with E-state index in [-0.39, 0.29) is 0 Å². The van der Waals surface area contributed by atoms with Crippen LogP contribution in [0.2, 0.25) is 0 Å². The van der Waals surface area contributed by atoms with Gasteiger partial charge < -0.3 is 10.6 Å². The Morgan fingerprint density at radius 3 is 2.29 bits per heavy atom. The minimum atomic E-state index is 0.406. The highest BCUT2D eigenvalue weighted by Crippen LogP contribution is 2.23. The van der Waals surface area contributed by atoms with Crippen molar-refractivity contribution < 1.29 is 0 Å². The molecule has 2 saturated heterocycles. The van der Waals surface area contributed by atoms with Gasteiger partial charge in [0.05, 0.1) is 0 Å². The molecule has 2 aliphatic rings. The van der Waals surface area contributed by atoms with Gasteiger partial charge in [-0.15, -0.1) is 0 Å². The summed E-state index contributed by atoms with van der Waals surface area (Å²) < 4.78 is 0. The van der Waals surface area contributed by atoms with Gasteiger partial charge in [-0.05, 0) is 37.8 Å². The molecule has 2 N–H and O–H groups in total. The maximum absolute atomic E-state index is 6.12. The first-order chi connectivity index (χ1) is 8.06. The molecule has 0 aromatic rings. The van der Waals surface area contributed by atoms with Gasteiger partial charge in [-0.3, -0.25) is 4.90 Å². The van der Waals surface area contributed by atoms with Crippen LogP contribution in [0.4, 0.5) is 0 Å². The third-order valence-corrected chi connectivity index (χ3v) is 4.40. The van der Waals surface area contributed by atoms with E-state index in [4.69, 9.17) is 5.73 Å². The van der Waals surface area contributed by atoms with Gasteiger partial charge in [0.2, 0.25) is 0 Å². The Morgan fingerprint density at radius 2 is 1.82 bits per heavy atom. The maximum atomic E-state index is 6.12. The van der Waals surface area contributed by atoms with E-state index in [1.165, 1.54) is 39.0 Å². The Labute approximate surface area is 106 Å². The summed E-state index contributed by atoms with van der Waals surface area (Å²) >= 11 is 0. The monoisotopic (exact) mass is 239 g/mol. The van der Waals surface area contributed by atoms with Crippen LogP contribution in [-0.2, 0) is 0 Å². The zero-order valence-electron chi connectivity index (χ0n) is 11.7. The molecule has 17 heavy (non-hydrogen) atoms. The Hall–Kier alpha value is -0.120. The normalized spacial score (nSPS) is 33.7. The smallest absolute Gasteiger partial charge is 0.0206 e. The van der Waals surface area contributed by atoms with Gasteiger partial charge >= 0.3 is 0 Å². The lowest BCUT2D eigenvalue weighted by Crippen LogP contribution is -2.45. The van der Waals surface area contributed by atoms with E-state index in [2.05, 4.69) is 30.6 Å². The molecule has 0 spiro atoms. The van der Waals surface area contributed by atoms with Gasteiger partial charge in [0, 0.05) is 31.7 Å². The zero-order chi connectivity index (χ0) is 12.4. The van der Waals surface area contributed by atoms with Gasteiger partial charge in [0.25, 0.3) is 0 Å². The van der Waals surface area contributed by atoms with Crippen molar-refractivity contribution in [2.24, 2.45) is 17.6 Å². The largest absolute Gasteiger partial charge is 0.326 e. The molecule has 3 nitrogen and oxygen atoms in total. The first-order valence-corrected chi connectivity index (χ1v) is 7.28. The molecule has 0 aromatic carbocycles. The summed E-state index contributed by atoms with van der Waals surface area (Å²) in [5, 5.41) is 0. The lowest BCUT2D eigenvalue weighted by Gasteiger charge is -2.37. The van der Waals surface area contributed by atoms with Crippen molar-refractivity contribution in [3.05, 3.63) is 0 Å². The van der Waals surface area contributed by atoms with Crippen LogP contribution in [0, 0.1) is 11.8 Å². The van der Waals surface area contributed by atoms with E-state index in [1.54, 1.807) is 0 Å². The first-order valence-electron chi connectivity index (χ1n) is 7.28. The molecule has 2 unspecified atom stereocenters. The van der Waals surface area contributed by atoms with Gasteiger partial charge in [0.1, 0.15) is 0 Å². The second-order valence-corrected chi connectivity index (χ2v) is 6.52. The van der Waals surface area contributed by atoms with Crippen molar-refractivity contribution in [3.8, 4) is 0 Å². The van der Waals surface area contributed by atoms with Gasteiger partial charge in [0.15, 0.2) is 0 Å². The van der Waals surface area contributed by atoms with E-state index >= 15 is 0 Å². The van der Waals surface area contributed by atoms with Crippen LogP contribution in [0.25, 0.3) is 0 Å². The van der Waals surface area contributed by atoms with E-state index in [0.29, 0.717) is 12.0 Å². The van der Waals surface area contributed by atoms with Crippen LogP contribution in [0.1, 0.15) is 33.6 Å². The number of hydrogen-bond acceptors (Lipinski definition) is 3. The maximum Gasteiger partial charge on any atom is 0.0206 e. The Morgan fingerprint density at radius 1 is 1.18 bits per heavy atom. The molecule has 2 fully saturated rings. The SMILES string of the molecule is CC(C)CN1CCC(N2CC(C)C(N)C2)CC1. The average molecular weight is 239 g/mol. The first kappa shape index (κ1) is 13.3. The Bertz CT molecular complexity index is 224. The molecule has 3 heteroatoms. The van der Waals surface area contributed by atoms with E-state index in [9.17, 15) is 0 Å². The fourth-order valence-corrected chi connectivity index (χ4v) is 3.31. The zero-order valence-corrected chi connectivity index (χ0v) is 11.7. The van der Waals surface area contributed by atoms with Crippen LogP contribution < -0.4 is 5.73 Å². The summed E-state index contributed by atoms with van der Waals surface area (Å²) in [5.74, 6) is 1.48. The summed E-state index contributed by atoms with van der Waals surface area (Å²) in [5.41, 5.74) is 6.12. The molecule has 0 aliphatic carbocycles. The van der Waals surface area contributed by atoms with Crippen LogP contribution >= 0.6 is 0 Å². The number of piperidine rings is 1. The van der Waals surface area contributed by atoms with Crippen molar-refractivity contribution in [3.63, 3.8) is 0 Å². The Kier molecular flexibility index (Phi) is 4.45. The van der Waals surface area contributed by atoms with E-state index in [1.807, 2.05) is 0 Å². The predicted molar refractivity (Wildman–Crippen MR) is 73.0 cm³/mol. The van der Waals surface area contributed by atoms with E-state index < -0.39 is 0 Å². The molecule has 0 bridgehead atoms. The molecule has 0 aromatic heterocycles. The highest BCUT2D eigenvalue weighted by Gasteiger charge is 2.32. The molecule has 0 radical (unpaired) electrons. The average Bonchev–Trinajstić information content (AvgIpc) is 2.59. The Balaban J connectivity index is 1.76. The fourth-order valence-electron chi connectivity index (χ4n) is 3.31. The van der Waals surface area contributed by atoms with Gasteiger partial charge in [-0.1, -0.05) is 20.8 Å². The number of nitrogens with two attached hydrogens (primary N) is 1. The highest BCUT2D eigenvalue weighted by atomic mass is 15.2. The molecule has 2 atom stereocenters. The predicted octanol–water partition coefficient (Wildman–Crippen LogP) is 1.39. The molecule has 100 valence electrons. The van der Waals surface area contributed by atoms with E-state index in [0.717, 1.165) is 18.5 Å². The molecular weight excluding hydrogens is 210 g/mol. The summed E-state index contributed by atoms with van der Waals surface area (Å²) in [6.07, 6.45) is 2.68. The summed E-state index contributed by atoms with van der Waals surface area (Å²) in [6, 6.07) is 1.21. The lowest BCUT2D eigenvalue weighted by atomic mass is 10.0. The number of rotatable bonds is 3. The minimum Gasteiger partial charge on any atom is -0.326 e. The third-order valence-electron chi connectivity index (χ3n) is 4.40. The standard InChI is InChI=1S/C14H29N3/c1-11(2)8-16-6-4-13(5-7-16)17-9-12(3)14(15)10-17/h11-14H,4-10,15H2,1-3H3. The molecule has 0 saturated carbocycles. The fraction of sp³-hybridized carbons (Fsp3) is 1.00. The molecular formula is C14H29N3.